The Kier molecular flexibility index (Phi) is 3.68. The van der Waals surface area contributed by atoms with Crippen molar-refractivity contribution in [1.82, 2.24) is 0 Å². The highest BCUT2D eigenvalue weighted by atomic mass is 16.5. The van der Waals surface area contributed by atoms with Gasteiger partial charge in [-0.25, -0.2) is 0 Å². The van der Waals surface area contributed by atoms with Crippen molar-refractivity contribution in [2.45, 2.75) is 51.2 Å². The topological polar surface area (TPSA) is 9.23 Å². The van der Waals surface area contributed by atoms with E-state index in [1.165, 1.54) is 5.56 Å². The second-order valence-corrected chi connectivity index (χ2v) is 5.42. The fraction of sp³-hybridized carbons (Fsp3) is 0.500. The smallest absolute Gasteiger partial charge is 0.0686 e. The molecule has 0 aliphatic carbocycles. The van der Waals surface area contributed by atoms with Crippen molar-refractivity contribution < 1.29 is 4.74 Å². The van der Waals surface area contributed by atoms with E-state index in [1.54, 1.807) is 0 Å². The highest BCUT2D eigenvalue weighted by Crippen LogP contribution is 2.37. The maximum atomic E-state index is 6.17. The zero-order chi connectivity index (χ0) is 12.3. The van der Waals surface area contributed by atoms with Gasteiger partial charge < -0.3 is 4.74 Å². The maximum Gasteiger partial charge on any atom is 0.0686 e. The van der Waals surface area contributed by atoms with E-state index in [0.717, 1.165) is 12.8 Å². The summed E-state index contributed by atoms with van der Waals surface area (Å²) in [6.07, 6.45) is 7.02. The molecule has 1 saturated heterocycles. The highest BCUT2D eigenvalue weighted by Gasteiger charge is 2.35. The summed E-state index contributed by atoms with van der Waals surface area (Å²) in [5.74, 6) is 0.392. The molecule has 1 aromatic rings. The number of rotatable bonds is 3. The second-order valence-electron chi connectivity index (χ2n) is 5.42. The summed E-state index contributed by atoms with van der Waals surface area (Å²) in [6, 6.07) is 10.7. The van der Waals surface area contributed by atoms with Gasteiger partial charge in [0, 0.05) is 5.92 Å². The summed E-state index contributed by atoms with van der Waals surface area (Å²) in [7, 11) is 0. The van der Waals surface area contributed by atoms with Crippen molar-refractivity contribution in [3.05, 3.63) is 48.0 Å². The summed E-state index contributed by atoms with van der Waals surface area (Å²) < 4.78 is 6.17. The van der Waals surface area contributed by atoms with Crippen LogP contribution in [0.3, 0.4) is 0 Å². The Morgan fingerprint density at radius 3 is 2.53 bits per heavy atom. The molecule has 0 spiro atoms. The third-order valence-corrected chi connectivity index (χ3v) is 3.49. The van der Waals surface area contributed by atoms with Crippen LogP contribution in [0, 0.1) is 0 Å². The monoisotopic (exact) mass is 230 g/mol. The van der Waals surface area contributed by atoms with E-state index in [2.05, 4.69) is 63.3 Å². The number of benzene rings is 1. The molecule has 0 saturated carbocycles. The third-order valence-electron chi connectivity index (χ3n) is 3.49. The van der Waals surface area contributed by atoms with Crippen molar-refractivity contribution in [2.75, 3.05) is 0 Å². The lowest BCUT2D eigenvalue weighted by atomic mass is 9.91. The van der Waals surface area contributed by atoms with E-state index >= 15 is 0 Å². The summed E-state index contributed by atoms with van der Waals surface area (Å²) in [4.78, 5) is 0. The first kappa shape index (κ1) is 12.4. The van der Waals surface area contributed by atoms with Gasteiger partial charge in [-0.3, -0.25) is 0 Å². The minimum atomic E-state index is 0.0410. The zero-order valence-corrected chi connectivity index (χ0v) is 11.0. The standard InChI is InChI=1S/C16H22O/c1-4-8-14(13-9-6-5-7-10-13)15-11-12-16(2,3)17-15/h4-10,14-15H,11-12H2,1-3H3/b8-4+/t14-,15-/m1/s1. The van der Waals surface area contributed by atoms with Crippen molar-refractivity contribution >= 4 is 0 Å². The van der Waals surface area contributed by atoms with E-state index in [-0.39, 0.29) is 5.60 Å². The van der Waals surface area contributed by atoms with Gasteiger partial charge in [0.2, 0.25) is 0 Å². The maximum absolute atomic E-state index is 6.17. The molecule has 1 nitrogen and oxygen atoms in total. The summed E-state index contributed by atoms with van der Waals surface area (Å²) >= 11 is 0. The first-order valence-electron chi connectivity index (χ1n) is 6.48. The molecule has 2 rings (SSSR count). The molecule has 0 N–H and O–H groups in total. The van der Waals surface area contributed by atoms with Gasteiger partial charge in [-0.15, -0.1) is 0 Å². The van der Waals surface area contributed by atoms with E-state index < -0.39 is 0 Å². The number of hydrogen-bond donors (Lipinski definition) is 0. The Bertz CT molecular complexity index is 378. The average molecular weight is 230 g/mol. The predicted molar refractivity (Wildman–Crippen MR) is 72.2 cm³/mol. The van der Waals surface area contributed by atoms with Crippen LogP contribution in [0.4, 0.5) is 0 Å². The van der Waals surface area contributed by atoms with E-state index in [1.807, 2.05) is 0 Å². The summed E-state index contributed by atoms with van der Waals surface area (Å²) in [6.45, 7) is 6.45. The number of allylic oxidation sites excluding steroid dienone is 1. The van der Waals surface area contributed by atoms with Gasteiger partial charge in [-0.2, -0.15) is 0 Å². The van der Waals surface area contributed by atoms with E-state index in [4.69, 9.17) is 4.74 Å². The van der Waals surface area contributed by atoms with Gasteiger partial charge in [0.25, 0.3) is 0 Å². The molecular weight excluding hydrogens is 208 g/mol. The molecule has 0 unspecified atom stereocenters. The first-order chi connectivity index (χ1) is 8.12. The highest BCUT2D eigenvalue weighted by molar-refractivity contribution is 5.25. The van der Waals surface area contributed by atoms with E-state index in [0.29, 0.717) is 12.0 Å². The molecule has 0 bridgehead atoms. The molecule has 1 aliphatic rings. The molecule has 1 heteroatoms. The molecule has 0 radical (unpaired) electrons. The minimum absolute atomic E-state index is 0.0410. The Balaban J connectivity index is 2.19. The normalized spacial score (nSPS) is 25.2. The van der Waals surface area contributed by atoms with Crippen LogP contribution in [-0.4, -0.2) is 11.7 Å². The largest absolute Gasteiger partial charge is 0.371 e. The molecule has 0 aromatic heterocycles. The molecule has 1 heterocycles. The third kappa shape index (κ3) is 2.98. The van der Waals surface area contributed by atoms with Crippen LogP contribution >= 0.6 is 0 Å². The lowest BCUT2D eigenvalue weighted by Gasteiger charge is -2.24. The van der Waals surface area contributed by atoms with Crippen molar-refractivity contribution in [3.8, 4) is 0 Å². The van der Waals surface area contributed by atoms with Gasteiger partial charge in [-0.1, -0.05) is 42.5 Å². The van der Waals surface area contributed by atoms with Crippen molar-refractivity contribution in [3.63, 3.8) is 0 Å². The predicted octanol–water partition coefficient (Wildman–Crippen LogP) is 4.30. The van der Waals surface area contributed by atoms with Gasteiger partial charge in [0.05, 0.1) is 11.7 Å². The zero-order valence-electron chi connectivity index (χ0n) is 11.0. The van der Waals surface area contributed by atoms with Crippen molar-refractivity contribution in [2.24, 2.45) is 0 Å². The Morgan fingerprint density at radius 2 is 2.00 bits per heavy atom. The Labute approximate surface area is 104 Å². The number of hydrogen-bond acceptors (Lipinski definition) is 1. The Hall–Kier alpha value is -1.08. The van der Waals surface area contributed by atoms with Crippen molar-refractivity contribution in [1.29, 1.82) is 0 Å². The van der Waals surface area contributed by atoms with Crippen LogP contribution in [0.5, 0.6) is 0 Å². The fourth-order valence-electron chi connectivity index (χ4n) is 2.60. The first-order valence-corrected chi connectivity index (χ1v) is 6.48. The summed E-state index contributed by atoms with van der Waals surface area (Å²) in [5, 5.41) is 0. The van der Waals surface area contributed by atoms with Crippen LogP contribution in [0.25, 0.3) is 0 Å². The Morgan fingerprint density at radius 1 is 1.29 bits per heavy atom. The summed E-state index contributed by atoms with van der Waals surface area (Å²) in [5.41, 5.74) is 1.40. The minimum Gasteiger partial charge on any atom is -0.371 e. The molecule has 17 heavy (non-hydrogen) atoms. The van der Waals surface area contributed by atoms with E-state index in [9.17, 15) is 0 Å². The molecule has 1 fully saturated rings. The molecule has 2 atom stereocenters. The van der Waals surface area contributed by atoms with Crippen LogP contribution in [0.1, 0.15) is 45.1 Å². The molecule has 1 aliphatic heterocycles. The molecular formula is C16H22O. The van der Waals surface area contributed by atoms with Gasteiger partial charge in [0.1, 0.15) is 0 Å². The molecule has 0 amide bonds. The fourth-order valence-corrected chi connectivity index (χ4v) is 2.60. The molecule has 1 aromatic carbocycles. The van der Waals surface area contributed by atoms with Gasteiger partial charge in [-0.05, 0) is 39.2 Å². The number of ether oxygens (including phenoxy) is 1. The van der Waals surface area contributed by atoms with Crippen LogP contribution in [0.15, 0.2) is 42.5 Å². The quantitative estimate of drug-likeness (QED) is 0.703. The SMILES string of the molecule is C/C=C/[C@H](c1ccccc1)[C@H]1CCC(C)(C)O1. The van der Waals surface area contributed by atoms with Gasteiger partial charge >= 0.3 is 0 Å². The van der Waals surface area contributed by atoms with Crippen LogP contribution in [0.2, 0.25) is 0 Å². The van der Waals surface area contributed by atoms with Crippen LogP contribution < -0.4 is 0 Å². The van der Waals surface area contributed by atoms with Crippen LogP contribution in [-0.2, 0) is 4.74 Å². The second kappa shape index (κ2) is 5.05. The lowest BCUT2D eigenvalue weighted by molar-refractivity contribution is -0.0206. The lowest BCUT2D eigenvalue weighted by Crippen LogP contribution is -2.23. The van der Waals surface area contributed by atoms with Gasteiger partial charge in [0.15, 0.2) is 0 Å². The average Bonchev–Trinajstić information content (AvgIpc) is 2.67. The molecule has 92 valence electrons.